The summed E-state index contributed by atoms with van der Waals surface area (Å²) in [5.74, 6) is -0.0888. The monoisotopic (exact) mass is 650 g/mol. The molecule has 3 atom stereocenters. The molecule has 0 saturated carbocycles. The predicted molar refractivity (Wildman–Crippen MR) is 193 cm³/mol. The molecule has 10 nitrogen and oxygen atoms in total. The first-order valence-electron chi connectivity index (χ1n) is 16.8. The highest BCUT2D eigenvalue weighted by atomic mass is 16.6. The molecule has 0 spiro atoms. The number of amides is 2. The zero-order valence-corrected chi connectivity index (χ0v) is 29.5. The maximum absolute atomic E-state index is 13.0. The van der Waals surface area contributed by atoms with Crippen LogP contribution >= 0.6 is 0 Å². The molecule has 47 heavy (non-hydrogen) atoms. The SMILES string of the molecule is C=C([C@H](NC(=O)COC)C1=C/C(=C/C/C=C\N)C[C@@H](CCCN(CCN)C(=O)OC(C)CCCC)c2ccc(C)cc21)N(C)C=NC. The van der Waals surface area contributed by atoms with Gasteiger partial charge in [-0.05, 0) is 74.8 Å². The van der Waals surface area contributed by atoms with Gasteiger partial charge in [-0.25, -0.2) is 4.79 Å². The number of hydrogen-bond acceptors (Lipinski definition) is 7. The molecule has 1 unspecified atom stereocenters. The van der Waals surface area contributed by atoms with Crippen molar-refractivity contribution in [2.24, 2.45) is 16.5 Å². The van der Waals surface area contributed by atoms with Gasteiger partial charge < -0.3 is 36.1 Å². The zero-order chi connectivity index (χ0) is 34.8. The highest BCUT2D eigenvalue weighted by molar-refractivity contribution is 5.85. The standard InChI is InChI=1S/C37H58N6O4/c1-8-9-13-28(3)47-37(45)43(21-19-39)20-12-15-31-23-30(14-10-11-18-38)24-34(33-22-27(2)16-17-32(31)33)36(41-35(44)25-46-7)29(4)42(6)26-40-5/h11,14,16-18,22,24,26,28,31,36H,4,8-10,12-13,15,19-21,23,25,38-39H2,1-3,5-7H3,(H,41,44)/b18-11-,30-14+,40-26?/t28?,31-,36+/m1/s1. The number of allylic oxidation sites excluding steroid dienone is 4. The lowest BCUT2D eigenvalue weighted by molar-refractivity contribution is -0.124. The number of likely N-dealkylation sites (N-methyl/N-ethyl adjacent to an activating group) is 1. The summed E-state index contributed by atoms with van der Waals surface area (Å²) in [5.41, 5.74) is 17.7. The number of nitrogens with one attached hydrogen (secondary N) is 1. The second-order valence-corrected chi connectivity index (χ2v) is 12.2. The number of hydrogen-bond donors (Lipinski definition) is 3. The average Bonchev–Trinajstić information content (AvgIpc) is 3.18. The van der Waals surface area contributed by atoms with Gasteiger partial charge in [0, 0.05) is 46.5 Å². The van der Waals surface area contributed by atoms with E-state index in [4.69, 9.17) is 20.9 Å². The third kappa shape index (κ3) is 12.7. The third-order valence-electron chi connectivity index (χ3n) is 8.31. The summed E-state index contributed by atoms with van der Waals surface area (Å²) in [6.07, 6.45) is 15.1. The van der Waals surface area contributed by atoms with Gasteiger partial charge in [-0.2, -0.15) is 0 Å². The smallest absolute Gasteiger partial charge is 0.410 e. The molecule has 10 heteroatoms. The minimum absolute atomic E-state index is 0.0744. The molecule has 1 aliphatic rings. The quantitative estimate of drug-likeness (QED) is 0.130. The van der Waals surface area contributed by atoms with E-state index in [1.807, 2.05) is 24.9 Å². The van der Waals surface area contributed by atoms with Crippen LogP contribution in [-0.4, -0.2) is 87.7 Å². The van der Waals surface area contributed by atoms with Crippen LogP contribution in [0.2, 0.25) is 0 Å². The maximum atomic E-state index is 13.0. The molecule has 260 valence electrons. The Kier molecular flexibility index (Phi) is 17.6. The lowest BCUT2D eigenvalue weighted by atomic mass is 9.84. The lowest BCUT2D eigenvalue weighted by Gasteiger charge is -2.30. The Morgan fingerprint density at radius 3 is 2.68 bits per heavy atom. The fraction of sp³-hybridized carbons (Fsp3) is 0.541. The van der Waals surface area contributed by atoms with E-state index in [1.165, 1.54) is 12.7 Å². The van der Waals surface area contributed by atoms with Crippen molar-refractivity contribution in [2.75, 3.05) is 47.4 Å². The number of nitrogens with two attached hydrogens (primary N) is 2. The number of unbranched alkanes of at least 4 members (excludes halogenated alkanes) is 1. The third-order valence-corrected chi connectivity index (χ3v) is 8.31. The van der Waals surface area contributed by atoms with E-state index in [0.717, 1.165) is 60.8 Å². The fourth-order valence-corrected chi connectivity index (χ4v) is 5.84. The fourth-order valence-electron chi connectivity index (χ4n) is 5.84. The summed E-state index contributed by atoms with van der Waals surface area (Å²) in [4.78, 5) is 33.8. The Morgan fingerprint density at radius 1 is 1.26 bits per heavy atom. The minimum Gasteiger partial charge on any atom is -0.446 e. The number of fused-ring (bicyclic) bond motifs is 1. The Labute approximate surface area is 282 Å². The molecule has 0 saturated heterocycles. The molecular formula is C37H58N6O4. The van der Waals surface area contributed by atoms with Crippen LogP contribution in [0.15, 0.2) is 65.5 Å². The Bertz CT molecular complexity index is 1290. The molecule has 5 N–H and O–H groups in total. The number of carbonyl (C=O) groups is 2. The number of carbonyl (C=O) groups excluding carboxylic acids is 2. The molecule has 2 rings (SSSR count). The number of methoxy groups -OCH3 is 1. The van der Waals surface area contributed by atoms with Crippen molar-refractivity contribution in [1.29, 1.82) is 0 Å². The van der Waals surface area contributed by atoms with Crippen molar-refractivity contribution in [3.8, 4) is 0 Å². The Morgan fingerprint density at radius 2 is 2.02 bits per heavy atom. The molecule has 0 bridgehead atoms. The van der Waals surface area contributed by atoms with Gasteiger partial charge in [0.2, 0.25) is 5.91 Å². The number of benzene rings is 1. The number of ether oxygens (including phenoxy) is 2. The number of aliphatic imine (C=N–C) groups is 1. The molecule has 0 aromatic heterocycles. The van der Waals surface area contributed by atoms with Gasteiger partial charge in [-0.1, -0.05) is 73.9 Å². The predicted octanol–water partition coefficient (Wildman–Crippen LogP) is 5.65. The van der Waals surface area contributed by atoms with Gasteiger partial charge in [0.05, 0.1) is 12.4 Å². The second kappa shape index (κ2) is 21.1. The molecule has 2 amide bonds. The number of rotatable bonds is 19. The lowest BCUT2D eigenvalue weighted by Crippen LogP contribution is -2.42. The first-order chi connectivity index (χ1) is 22.6. The Balaban J connectivity index is 2.52. The highest BCUT2D eigenvalue weighted by Gasteiger charge is 2.30. The molecule has 0 heterocycles. The van der Waals surface area contributed by atoms with Gasteiger partial charge in [-0.15, -0.1) is 0 Å². The van der Waals surface area contributed by atoms with Gasteiger partial charge >= 0.3 is 6.09 Å². The average molecular weight is 651 g/mol. The molecule has 0 radical (unpaired) electrons. The molecule has 1 aromatic rings. The van der Waals surface area contributed by atoms with Crippen LogP contribution in [0.25, 0.3) is 5.57 Å². The zero-order valence-electron chi connectivity index (χ0n) is 29.5. The second-order valence-electron chi connectivity index (χ2n) is 12.2. The van der Waals surface area contributed by atoms with Gasteiger partial charge in [0.1, 0.15) is 12.7 Å². The highest BCUT2D eigenvalue weighted by Crippen LogP contribution is 2.41. The summed E-state index contributed by atoms with van der Waals surface area (Å²) < 4.78 is 10.9. The molecule has 1 aliphatic carbocycles. The van der Waals surface area contributed by atoms with Gasteiger partial charge in [0.15, 0.2) is 0 Å². The first kappa shape index (κ1) is 39.3. The summed E-state index contributed by atoms with van der Waals surface area (Å²) >= 11 is 0. The molecular weight excluding hydrogens is 592 g/mol. The van der Waals surface area contributed by atoms with Crippen LogP contribution in [0.4, 0.5) is 4.79 Å². The number of aryl methyl sites for hydroxylation is 1. The van der Waals surface area contributed by atoms with E-state index >= 15 is 0 Å². The van der Waals surface area contributed by atoms with Crippen molar-refractivity contribution in [1.82, 2.24) is 15.1 Å². The van der Waals surface area contributed by atoms with Crippen molar-refractivity contribution >= 4 is 23.9 Å². The maximum Gasteiger partial charge on any atom is 0.410 e. The summed E-state index contributed by atoms with van der Waals surface area (Å²) in [6, 6.07) is 5.97. The van der Waals surface area contributed by atoms with Crippen LogP contribution in [0, 0.1) is 6.92 Å². The van der Waals surface area contributed by atoms with Crippen LogP contribution in [0.1, 0.15) is 81.4 Å². The van der Waals surface area contributed by atoms with E-state index in [1.54, 1.807) is 24.5 Å². The van der Waals surface area contributed by atoms with Crippen LogP contribution < -0.4 is 16.8 Å². The van der Waals surface area contributed by atoms with Crippen molar-refractivity contribution in [3.63, 3.8) is 0 Å². The summed E-state index contributed by atoms with van der Waals surface area (Å²) in [6.45, 7) is 11.8. The number of nitrogens with zero attached hydrogens (tertiary/aromatic N) is 3. The van der Waals surface area contributed by atoms with Gasteiger partial charge in [-0.3, -0.25) is 9.79 Å². The van der Waals surface area contributed by atoms with E-state index in [2.05, 4.69) is 61.1 Å². The van der Waals surface area contributed by atoms with Crippen molar-refractivity contribution in [3.05, 3.63) is 77.2 Å². The summed E-state index contributed by atoms with van der Waals surface area (Å²) in [5, 5.41) is 3.16. The molecule has 1 aromatic carbocycles. The molecule has 0 aliphatic heterocycles. The van der Waals surface area contributed by atoms with Crippen LogP contribution in [0.5, 0.6) is 0 Å². The van der Waals surface area contributed by atoms with E-state index in [0.29, 0.717) is 31.8 Å². The van der Waals surface area contributed by atoms with E-state index in [-0.39, 0.29) is 30.6 Å². The molecule has 0 fully saturated rings. The summed E-state index contributed by atoms with van der Waals surface area (Å²) in [7, 11) is 5.07. The van der Waals surface area contributed by atoms with Crippen molar-refractivity contribution in [2.45, 2.75) is 83.8 Å². The topological polar surface area (TPSA) is 136 Å². The Hall–Kier alpha value is -3.89. The van der Waals surface area contributed by atoms with E-state index in [9.17, 15) is 9.59 Å². The van der Waals surface area contributed by atoms with Crippen LogP contribution in [-0.2, 0) is 14.3 Å². The van der Waals surface area contributed by atoms with E-state index < -0.39 is 6.04 Å². The normalized spacial score (nSPS) is 16.8. The minimum atomic E-state index is -0.544. The van der Waals surface area contributed by atoms with Crippen LogP contribution in [0.3, 0.4) is 0 Å². The first-order valence-corrected chi connectivity index (χ1v) is 16.8. The largest absolute Gasteiger partial charge is 0.446 e. The van der Waals surface area contributed by atoms with Gasteiger partial charge in [0.25, 0.3) is 0 Å². The van der Waals surface area contributed by atoms with Crippen molar-refractivity contribution < 1.29 is 19.1 Å².